The first kappa shape index (κ1) is 19.0. The normalized spacial score (nSPS) is 16.7. The summed E-state index contributed by atoms with van der Waals surface area (Å²) in [6, 6.07) is 3.85. The highest BCUT2D eigenvalue weighted by Gasteiger charge is 2.08. The number of guanidine groups is 1. The third kappa shape index (κ3) is 7.49. The van der Waals surface area contributed by atoms with Crippen molar-refractivity contribution in [1.82, 2.24) is 20.5 Å². The van der Waals surface area contributed by atoms with Crippen molar-refractivity contribution in [2.75, 3.05) is 39.3 Å². The maximum absolute atomic E-state index is 5.81. The summed E-state index contributed by atoms with van der Waals surface area (Å²) in [5.74, 6) is 0.897. The molecule has 0 atom stereocenters. The van der Waals surface area contributed by atoms with E-state index in [0.29, 0.717) is 5.15 Å². The van der Waals surface area contributed by atoms with Crippen LogP contribution in [-0.2, 0) is 6.42 Å². The molecular formula is C18H30ClN5. The lowest BCUT2D eigenvalue weighted by molar-refractivity contribution is 0.293. The first-order valence-corrected chi connectivity index (χ1v) is 9.50. The summed E-state index contributed by atoms with van der Waals surface area (Å²) < 4.78 is 0. The molecule has 1 aliphatic rings. The summed E-state index contributed by atoms with van der Waals surface area (Å²) in [5, 5.41) is 7.24. The second-order valence-electron chi connectivity index (χ2n) is 6.18. The minimum absolute atomic E-state index is 0.537. The zero-order chi connectivity index (χ0) is 17.0. The summed E-state index contributed by atoms with van der Waals surface area (Å²) in [7, 11) is 0. The lowest BCUT2D eigenvalue weighted by atomic mass is 10.2. The molecule has 0 aromatic carbocycles. The SMILES string of the molecule is CCNC(=NCCN1CCCCCC1)NCCc1ccc(Cl)nc1. The van der Waals surface area contributed by atoms with E-state index in [1.807, 2.05) is 18.3 Å². The Labute approximate surface area is 150 Å². The van der Waals surface area contributed by atoms with Gasteiger partial charge in [0.15, 0.2) is 5.96 Å². The number of pyridine rings is 1. The zero-order valence-electron chi connectivity index (χ0n) is 14.7. The van der Waals surface area contributed by atoms with Crippen molar-refractivity contribution < 1.29 is 0 Å². The smallest absolute Gasteiger partial charge is 0.191 e. The molecule has 0 bridgehead atoms. The van der Waals surface area contributed by atoms with Gasteiger partial charge < -0.3 is 15.5 Å². The number of aromatic nitrogens is 1. The highest BCUT2D eigenvalue weighted by Crippen LogP contribution is 2.09. The van der Waals surface area contributed by atoms with Gasteiger partial charge in [0, 0.05) is 25.8 Å². The van der Waals surface area contributed by atoms with Gasteiger partial charge in [-0.1, -0.05) is 30.5 Å². The summed E-state index contributed by atoms with van der Waals surface area (Å²) in [5.41, 5.74) is 1.17. The predicted octanol–water partition coefficient (Wildman–Crippen LogP) is 2.71. The lowest BCUT2D eigenvalue weighted by Crippen LogP contribution is -2.39. The predicted molar refractivity (Wildman–Crippen MR) is 102 cm³/mol. The van der Waals surface area contributed by atoms with Crippen molar-refractivity contribution in [2.45, 2.75) is 39.0 Å². The number of hydrogen-bond acceptors (Lipinski definition) is 3. The van der Waals surface area contributed by atoms with E-state index in [1.54, 1.807) is 0 Å². The Hall–Kier alpha value is -1.33. The summed E-state index contributed by atoms with van der Waals surface area (Å²) in [6.45, 7) is 8.15. The number of aliphatic imine (C=N–C) groups is 1. The highest BCUT2D eigenvalue weighted by atomic mass is 35.5. The third-order valence-electron chi connectivity index (χ3n) is 4.22. The first-order chi connectivity index (χ1) is 11.8. The van der Waals surface area contributed by atoms with E-state index < -0.39 is 0 Å². The van der Waals surface area contributed by atoms with Crippen molar-refractivity contribution in [3.05, 3.63) is 29.0 Å². The van der Waals surface area contributed by atoms with Gasteiger partial charge in [-0.05, 0) is 50.9 Å². The van der Waals surface area contributed by atoms with Gasteiger partial charge in [-0.25, -0.2) is 4.98 Å². The molecule has 6 heteroatoms. The van der Waals surface area contributed by atoms with Crippen LogP contribution in [0, 0.1) is 0 Å². The van der Waals surface area contributed by atoms with E-state index in [9.17, 15) is 0 Å². The van der Waals surface area contributed by atoms with Crippen molar-refractivity contribution in [2.24, 2.45) is 4.99 Å². The van der Waals surface area contributed by atoms with Crippen LogP contribution in [0.15, 0.2) is 23.3 Å². The third-order valence-corrected chi connectivity index (χ3v) is 4.45. The van der Waals surface area contributed by atoms with Crippen LogP contribution in [0.2, 0.25) is 5.15 Å². The van der Waals surface area contributed by atoms with E-state index >= 15 is 0 Å². The molecule has 1 saturated heterocycles. The number of halogens is 1. The second kappa shape index (κ2) is 11.3. The van der Waals surface area contributed by atoms with Gasteiger partial charge in [-0.3, -0.25) is 4.99 Å². The number of likely N-dealkylation sites (tertiary alicyclic amines) is 1. The van der Waals surface area contributed by atoms with E-state index in [4.69, 9.17) is 16.6 Å². The van der Waals surface area contributed by atoms with Crippen LogP contribution >= 0.6 is 11.6 Å². The Bertz CT molecular complexity index is 481. The molecule has 0 spiro atoms. The first-order valence-electron chi connectivity index (χ1n) is 9.13. The molecule has 0 aliphatic carbocycles. The molecule has 1 aromatic heterocycles. The van der Waals surface area contributed by atoms with Crippen molar-refractivity contribution in [3.8, 4) is 0 Å². The van der Waals surface area contributed by atoms with Gasteiger partial charge in [0.1, 0.15) is 5.15 Å². The van der Waals surface area contributed by atoms with Gasteiger partial charge in [-0.15, -0.1) is 0 Å². The van der Waals surface area contributed by atoms with E-state index in [-0.39, 0.29) is 0 Å². The Morgan fingerprint density at radius 1 is 1.21 bits per heavy atom. The Kier molecular flexibility index (Phi) is 8.92. The summed E-state index contributed by atoms with van der Waals surface area (Å²) in [6.07, 6.45) is 8.15. The van der Waals surface area contributed by atoms with Gasteiger partial charge in [0.2, 0.25) is 0 Å². The maximum Gasteiger partial charge on any atom is 0.191 e. The number of nitrogens with zero attached hydrogens (tertiary/aromatic N) is 3. The van der Waals surface area contributed by atoms with Crippen LogP contribution in [0.3, 0.4) is 0 Å². The molecule has 2 heterocycles. The number of nitrogens with one attached hydrogen (secondary N) is 2. The fourth-order valence-electron chi connectivity index (χ4n) is 2.88. The summed E-state index contributed by atoms with van der Waals surface area (Å²) in [4.78, 5) is 11.3. The van der Waals surface area contributed by atoms with Crippen LogP contribution in [-0.4, -0.2) is 55.1 Å². The number of rotatable bonds is 7. The van der Waals surface area contributed by atoms with E-state index in [2.05, 4.69) is 27.4 Å². The molecule has 0 radical (unpaired) electrons. The quantitative estimate of drug-likeness (QED) is 0.450. The van der Waals surface area contributed by atoms with Crippen LogP contribution in [0.1, 0.15) is 38.2 Å². The van der Waals surface area contributed by atoms with Crippen molar-refractivity contribution in [3.63, 3.8) is 0 Å². The van der Waals surface area contributed by atoms with Gasteiger partial charge in [0.25, 0.3) is 0 Å². The van der Waals surface area contributed by atoms with Crippen molar-refractivity contribution in [1.29, 1.82) is 0 Å². The molecule has 2 N–H and O–H groups in total. The van der Waals surface area contributed by atoms with Crippen LogP contribution in [0.4, 0.5) is 0 Å². The minimum Gasteiger partial charge on any atom is -0.357 e. The molecule has 1 aromatic rings. The monoisotopic (exact) mass is 351 g/mol. The fraction of sp³-hybridized carbons (Fsp3) is 0.667. The molecular weight excluding hydrogens is 322 g/mol. The average molecular weight is 352 g/mol. The molecule has 0 amide bonds. The maximum atomic E-state index is 5.81. The standard InChI is InChI=1S/C18H30ClN5/c1-2-20-18(21-10-9-16-7-8-17(19)23-15-16)22-11-14-24-12-5-3-4-6-13-24/h7-8,15H,2-6,9-14H2,1H3,(H2,20,21,22). The van der Waals surface area contributed by atoms with Crippen LogP contribution < -0.4 is 10.6 Å². The molecule has 1 fully saturated rings. The van der Waals surface area contributed by atoms with Gasteiger partial charge >= 0.3 is 0 Å². The van der Waals surface area contributed by atoms with E-state index in [0.717, 1.165) is 38.6 Å². The molecule has 0 unspecified atom stereocenters. The lowest BCUT2D eigenvalue weighted by Gasteiger charge is -2.19. The van der Waals surface area contributed by atoms with Crippen molar-refractivity contribution >= 4 is 17.6 Å². The van der Waals surface area contributed by atoms with E-state index in [1.165, 1.54) is 44.3 Å². The van der Waals surface area contributed by atoms with Gasteiger partial charge in [-0.2, -0.15) is 0 Å². The molecule has 5 nitrogen and oxygen atoms in total. The minimum atomic E-state index is 0.537. The average Bonchev–Trinajstić information content (AvgIpc) is 2.85. The van der Waals surface area contributed by atoms with Gasteiger partial charge in [0.05, 0.1) is 6.54 Å². The second-order valence-corrected chi connectivity index (χ2v) is 6.57. The highest BCUT2D eigenvalue weighted by molar-refractivity contribution is 6.29. The topological polar surface area (TPSA) is 52.6 Å². The Balaban J connectivity index is 1.72. The molecule has 24 heavy (non-hydrogen) atoms. The molecule has 0 saturated carbocycles. The molecule has 2 rings (SSSR count). The largest absolute Gasteiger partial charge is 0.357 e. The van der Waals surface area contributed by atoms with Crippen LogP contribution in [0.25, 0.3) is 0 Å². The molecule has 134 valence electrons. The van der Waals surface area contributed by atoms with Crippen LogP contribution in [0.5, 0.6) is 0 Å². The summed E-state index contributed by atoms with van der Waals surface area (Å²) >= 11 is 5.81. The fourth-order valence-corrected chi connectivity index (χ4v) is 3.00. The Morgan fingerprint density at radius 3 is 2.67 bits per heavy atom. The Morgan fingerprint density at radius 2 is 2.00 bits per heavy atom. The zero-order valence-corrected chi connectivity index (χ0v) is 15.5. The molecule has 1 aliphatic heterocycles. The number of hydrogen-bond donors (Lipinski definition) is 2.